The van der Waals surface area contributed by atoms with Gasteiger partial charge in [0.1, 0.15) is 9.88 Å². The monoisotopic (exact) mass is 755 g/mol. The van der Waals surface area contributed by atoms with Gasteiger partial charge in [0.25, 0.3) is 5.91 Å². The molecular weight excluding hydrogens is 707 g/mol. The van der Waals surface area contributed by atoms with E-state index in [0.717, 1.165) is 103 Å². The summed E-state index contributed by atoms with van der Waals surface area (Å²) < 4.78 is 11.6. The number of amides is 1. The van der Waals surface area contributed by atoms with Crippen molar-refractivity contribution in [3.63, 3.8) is 0 Å². The molecule has 14 nitrogen and oxygen atoms in total. The highest BCUT2D eigenvalue weighted by atomic mass is 32.1. The number of fused-ring (bicyclic) bond motifs is 2. The van der Waals surface area contributed by atoms with Gasteiger partial charge in [-0.3, -0.25) is 14.8 Å². The van der Waals surface area contributed by atoms with Crippen molar-refractivity contribution in [1.29, 1.82) is 0 Å². The number of carbonyl (C=O) groups is 2. The molecule has 3 aromatic heterocycles. The van der Waals surface area contributed by atoms with Crippen LogP contribution in [0.25, 0.3) is 32.9 Å². The molecule has 54 heavy (non-hydrogen) atoms. The third-order valence-corrected chi connectivity index (χ3v) is 11.7. The molecular formula is C39H49N9O5S. The maximum Gasteiger partial charge on any atom is 0.348 e. The van der Waals surface area contributed by atoms with Crippen molar-refractivity contribution in [2.75, 3.05) is 84.0 Å². The first-order valence-corrected chi connectivity index (χ1v) is 20.0. The van der Waals surface area contributed by atoms with E-state index in [2.05, 4.69) is 45.5 Å². The van der Waals surface area contributed by atoms with Gasteiger partial charge >= 0.3 is 5.97 Å². The van der Waals surface area contributed by atoms with Crippen molar-refractivity contribution in [2.24, 2.45) is 0 Å². The molecule has 0 spiro atoms. The van der Waals surface area contributed by atoms with Crippen molar-refractivity contribution in [1.82, 2.24) is 40.2 Å². The van der Waals surface area contributed by atoms with Crippen molar-refractivity contribution in [3.8, 4) is 11.1 Å². The molecule has 1 amide bonds. The summed E-state index contributed by atoms with van der Waals surface area (Å²) in [5, 5.41) is 25.8. The molecule has 15 heteroatoms. The number of ether oxygens (including phenoxy) is 2. The van der Waals surface area contributed by atoms with Crippen LogP contribution in [-0.2, 0) is 16.0 Å². The largest absolute Gasteiger partial charge is 0.477 e. The number of aromatic carboxylic acids is 1. The highest BCUT2D eigenvalue weighted by Gasteiger charge is 2.28. The van der Waals surface area contributed by atoms with Crippen molar-refractivity contribution in [2.45, 2.75) is 44.4 Å². The van der Waals surface area contributed by atoms with Crippen LogP contribution in [0.2, 0.25) is 0 Å². The quantitative estimate of drug-likeness (QED) is 0.137. The Bertz CT molecular complexity index is 2040. The molecule has 286 valence electrons. The number of likely N-dealkylation sites (tertiary alicyclic amines) is 2. The first-order valence-electron chi connectivity index (χ1n) is 19.2. The first-order chi connectivity index (χ1) is 26.5. The molecule has 2 aromatic carbocycles. The van der Waals surface area contributed by atoms with E-state index in [0.29, 0.717) is 30.0 Å². The molecule has 4 aliphatic heterocycles. The summed E-state index contributed by atoms with van der Waals surface area (Å²) in [6.45, 7) is 12.3. The molecule has 0 bridgehead atoms. The molecule has 2 atom stereocenters. The molecule has 7 heterocycles. The Balaban J connectivity index is 0.000000292. The van der Waals surface area contributed by atoms with Crippen LogP contribution in [0, 0.1) is 0 Å². The van der Waals surface area contributed by atoms with Gasteiger partial charge in [0, 0.05) is 61.8 Å². The summed E-state index contributed by atoms with van der Waals surface area (Å²) >= 11 is 1.06. The van der Waals surface area contributed by atoms with Gasteiger partial charge in [0.15, 0.2) is 5.69 Å². The number of hydrogen-bond donors (Lipinski definition) is 5. The topological polar surface area (TPSA) is 164 Å². The van der Waals surface area contributed by atoms with Gasteiger partial charge < -0.3 is 40.0 Å². The van der Waals surface area contributed by atoms with E-state index in [9.17, 15) is 14.7 Å². The molecule has 5 N–H and O–H groups in total. The second-order valence-corrected chi connectivity index (χ2v) is 15.7. The number of morpholine rings is 2. The number of aromatic nitrogens is 4. The van der Waals surface area contributed by atoms with Crippen LogP contribution in [0.4, 0.5) is 5.69 Å². The average Bonchev–Trinajstić information content (AvgIpc) is 4.03. The number of anilines is 1. The summed E-state index contributed by atoms with van der Waals surface area (Å²) in [4.78, 5) is 40.6. The van der Waals surface area contributed by atoms with Gasteiger partial charge in [-0.2, -0.15) is 5.10 Å². The van der Waals surface area contributed by atoms with Crippen LogP contribution in [-0.4, -0.2) is 143 Å². The van der Waals surface area contributed by atoms with E-state index in [1.54, 1.807) is 6.20 Å². The third-order valence-electron chi connectivity index (χ3n) is 10.7. The molecule has 9 rings (SSSR count). The number of hydrogen-bond acceptors (Lipinski definition) is 11. The Morgan fingerprint density at radius 1 is 0.907 bits per heavy atom. The fourth-order valence-electron chi connectivity index (χ4n) is 8.03. The van der Waals surface area contributed by atoms with Crippen molar-refractivity contribution < 1.29 is 24.2 Å². The number of thiazole rings is 1. The van der Waals surface area contributed by atoms with Crippen LogP contribution in [0.5, 0.6) is 0 Å². The van der Waals surface area contributed by atoms with Crippen LogP contribution in [0.3, 0.4) is 0 Å². The van der Waals surface area contributed by atoms with Gasteiger partial charge in [-0.15, -0.1) is 11.3 Å². The number of H-pyrrole nitrogens is 2. The molecule has 0 aliphatic carbocycles. The lowest BCUT2D eigenvalue weighted by Crippen LogP contribution is -2.46. The van der Waals surface area contributed by atoms with Crippen LogP contribution < -0.4 is 10.6 Å². The van der Waals surface area contributed by atoms with Crippen LogP contribution >= 0.6 is 11.3 Å². The van der Waals surface area contributed by atoms with E-state index in [4.69, 9.17) is 9.47 Å². The number of carboxylic acid groups (broad SMARTS) is 1. The van der Waals surface area contributed by atoms with Gasteiger partial charge in [0.2, 0.25) is 0 Å². The number of aromatic amines is 2. The molecule has 4 aliphatic rings. The zero-order valence-corrected chi connectivity index (χ0v) is 31.3. The Morgan fingerprint density at radius 3 is 2.44 bits per heavy atom. The molecule has 4 saturated heterocycles. The maximum atomic E-state index is 13.6. The van der Waals surface area contributed by atoms with Gasteiger partial charge in [-0.1, -0.05) is 12.1 Å². The van der Waals surface area contributed by atoms with Crippen LogP contribution in [0.1, 0.15) is 50.9 Å². The number of nitrogens with zero attached hydrogens (tertiary/aromatic N) is 5. The lowest BCUT2D eigenvalue weighted by molar-refractivity contribution is -0.0434. The minimum Gasteiger partial charge on any atom is -0.477 e. The number of carboxylic acids is 1. The lowest BCUT2D eigenvalue weighted by Gasteiger charge is -2.34. The maximum absolute atomic E-state index is 13.6. The first kappa shape index (κ1) is 36.7. The molecule has 0 radical (unpaired) electrons. The standard InChI is InChI=1S/C30H31N7O4S.C9H18N2O/c38-29(33-24-12-18(13-25-22(24)14-32-35-25)20-4-3-5-23-21(20)6-7-31-23)27-28(30(39)40)42-26(34-27)17-37-10-11-41-19(16-37)15-36-8-1-2-9-36;1-2-5-11(4-1)8-9-7-10-3-6-12-9/h3-7,12-14,19,31H,1-2,8-11,15-17H2,(H,32,35)(H,33,38)(H,39,40);9-10H,1-8H2. The van der Waals surface area contributed by atoms with E-state index in [1.165, 1.54) is 38.8 Å². The SMILES string of the molecule is C1CCN(CC2CNCCO2)C1.O=C(Nc1cc(-c2cccc3[nH]ccc23)cc2[nH]ncc12)c1nc(CN2CCOC(CN3CCCC3)C2)sc1C(=O)O. The number of rotatable bonds is 10. The van der Waals surface area contributed by atoms with Crippen molar-refractivity contribution in [3.05, 3.63) is 64.4 Å². The van der Waals surface area contributed by atoms with E-state index < -0.39 is 11.9 Å². The Hall–Kier alpha value is -4.22. The number of benzene rings is 2. The highest BCUT2D eigenvalue weighted by Crippen LogP contribution is 2.34. The van der Waals surface area contributed by atoms with Gasteiger partial charge in [-0.25, -0.2) is 9.78 Å². The predicted octanol–water partition coefficient (Wildman–Crippen LogP) is 4.49. The molecule has 0 saturated carbocycles. The average molecular weight is 756 g/mol. The molecule has 2 unspecified atom stereocenters. The Morgan fingerprint density at radius 2 is 1.69 bits per heavy atom. The minimum atomic E-state index is -1.17. The second-order valence-electron chi connectivity index (χ2n) is 14.6. The van der Waals surface area contributed by atoms with Gasteiger partial charge in [-0.05, 0) is 87.3 Å². The van der Waals surface area contributed by atoms with Crippen molar-refractivity contribution >= 4 is 50.7 Å². The minimum absolute atomic E-state index is 0.0685. The molecule has 4 fully saturated rings. The van der Waals surface area contributed by atoms with Gasteiger partial charge in [0.05, 0.1) is 49.4 Å². The highest BCUT2D eigenvalue weighted by molar-refractivity contribution is 7.13. The van der Waals surface area contributed by atoms with E-state index >= 15 is 0 Å². The third kappa shape index (κ3) is 8.68. The smallest absolute Gasteiger partial charge is 0.348 e. The zero-order chi connectivity index (χ0) is 36.9. The zero-order valence-electron chi connectivity index (χ0n) is 30.5. The van der Waals surface area contributed by atoms with E-state index in [-0.39, 0.29) is 16.7 Å². The Labute approximate surface area is 318 Å². The summed E-state index contributed by atoms with van der Waals surface area (Å²) in [7, 11) is 0. The normalized spacial score (nSPS) is 21.4. The molecule has 5 aromatic rings. The summed E-state index contributed by atoms with van der Waals surface area (Å²) in [6, 6.07) is 11.9. The lowest BCUT2D eigenvalue weighted by atomic mass is 9.99. The number of nitrogens with one attached hydrogen (secondary N) is 4. The second kappa shape index (κ2) is 17.1. The van der Waals surface area contributed by atoms with E-state index in [1.807, 2.05) is 42.6 Å². The summed E-state index contributed by atoms with van der Waals surface area (Å²) in [5.74, 6) is -1.73. The Kier molecular flexibility index (Phi) is 11.6. The summed E-state index contributed by atoms with van der Waals surface area (Å²) in [6.07, 6.45) is 9.31. The summed E-state index contributed by atoms with van der Waals surface area (Å²) in [5.41, 5.74) is 4.09. The van der Waals surface area contributed by atoms with Crippen LogP contribution in [0.15, 0.2) is 48.8 Å². The predicted molar refractivity (Wildman–Crippen MR) is 209 cm³/mol. The number of carbonyl (C=O) groups excluding carboxylic acids is 1. The fraction of sp³-hybridized carbons (Fsp3) is 0.487. The fourth-order valence-corrected chi connectivity index (χ4v) is 8.97.